The van der Waals surface area contributed by atoms with Gasteiger partial charge in [0.1, 0.15) is 12.4 Å². The van der Waals surface area contributed by atoms with E-state index in [0.717, 1.165) is 60.0 Å². The number of nitrogens with one attached hydrogen (secondary N) is 1. The number of fused-ring (bicyclic) bond motifs is 1. The number of ether oxygens (including phenoxy) is 2. The van der Waals surface area contributed by atoms with Crippen LogP contribution in [0.15, 0.2) is 59.0 Å². The fourth-order valence-electron chi connectivity index (χ4n) is 3.54. The largest absolute Gasteiger partial charge is 0.492 e. The number of amides is 1. The Bertz CT molecular complexity index is 1040. The summed E-state index contributed by atoms with van der Waals surface area (Å²) in [5.41, 5.74) is 5.17. The van der Waals surface area contributed by atoms with Crippen molar-refractivity contribution in [2.45, 2.75) is 13.3 Å². The maximum Gasteiger partial charge on any atom is 0.272 e. The summed E-state index contributed by atoms with van der Waals surface area (Å²) in [6, 6.07) is 15.8. The van der Waals surface area contributed by atoms with Crippen LogP contribution in [0.3, 0.4) is 0 Å². The number of carbonyl (C=O) groups excluding carboxylic acids is 1. The van der Waals surface area contributed by atoms with Crippen LogP contribution in [0.25, 0.3) is 10.1 Å². The molecular weight excluding hydrogens is 410 g/mol. The summed E-state index contributed by atoms with van der Waals surface area (Å²) in [5, 5.41) is 7.23. The quantitative estimate of drug-likeness (QED) is 0.425. The zero-order valence-corrected chi connectivity index (χ0v) is 18.5. The summed E-state index contributed by atoms with van der Waals surface area (Å²) < 4.78 is 12.3. The van der Waals surface area contributed by atoms with Gasteiger partial charge in [0.25, 0.3) is 5.91 Å². The molecule has 1 aliphatic rings. The molecule has 1 aliphatic heterocycles. The van der Waals surface area contributed by atoms with Gasteiger partial charge in [0, 0.05) is 35.1 Å². The van der Waals surface area contributed by atoms with Gasteiger partial charge in [0.2, 0.25) is 0 Å². The van der Waals surface area contributed by atoms with E-state index in [1.807, 2.05) is 60.8 Å². The topological polar surface area (TPSA) is 63.2 Å². The molecular formula is C24H27N3O3S. The molecule has 1 amide bonds. The average molecular weight is 438 g/mol. The van der Waals surface area contributed by atoms with Crippen LogP contribution < -0.4 is 10.2 Å². The third-order valence-corrected chi connectivity index (χ3v) is 6.28. The summed E-state index contributed by atoms with van der Waals surface area (Å²) in [5.74, 6) is 0.646. The standard InChI is InChI=1S/C24H27N3O3S/c1-2-22(25-26-24(28)21-17-31-23-6-4-3-5-20(21)23)18-7-9-19(10-8-18)30-16-13-27-11-14-29-15-12-27/h3-10,17H,2,11-16H2,1H3,(H,26,28). The molecule has 6 nitrogen and oxygen atoms in total. The number of benzene rings is 2. The number of thiophene rings is 1. The molecule has 3 aromatic rings. The zero-order valence-electron chi connectivity index (χ0n) is 17.7. The molecule has 2 aromatic carbocycles. The molecule has 1 aromatic heterocycles. The van der Waals surface area contributed by atoms with Crippen molar-refractivity contribution in [3.63, 3.8) is 0 Å². The van der Waals surface area contributed by atoms with Crippen LogP contribution in [0, 0.1) is 0 Å². The Kier molecular flexibility index (Phi) is 7.30. The highest BCUT2D eigenvalue weighted by Gasteiger charge is 2.12. The minimum atomic E-state index is -0.188. The Balaban J connectivity index is 1.34. The van der Waals surface area contributed by atoms with Gasteiger partial charge in [-0.05, 0) is 42.3 Å². The molecule has 1 N–H and O–H groups in total. The second-order valence-corrected chi connectivity index (χ2v) is 8.24. The number of hydrogen-bond acceptors (Lipinski definition) is 6. The third-order valence-electron chi connectivity index (χ3n) is 5.32. The minimum absolute atomic E-state index is 0.188. The molecule has 31 heavy (non-hydrogen) atoms. The number of carbonyl (C=O) groups is 1. The van der Waals surface area contributed by atoms with Crippen molar-refractivity contribution in [2.75, 3.05) is 39.5 Å². The van der Waals surface area contributed by atoms with Gasteiger partial charge in [0.05, 0.1) is 24.5 Å². The molecule has 0 spiro atoms. The van der Waals surface area contributed by atoms with Gasteiger partial charge in [-0.1, -0.05) is 25.1 Å². The predicted octanol–water partition coefficient (Wildman–Crippen LogP) is 4.16. The highest BCUT2D eigenvalue weighted by atomic mass is 32.1. The number of rotatable bonds is 8. The van der Waals surface area contributed by atoms with Crippen LogP contribution in [-0.2, 0) is 4.74 Å². The first-order chi connectivity index (χ1) is 15.2. The van der Waals surface area contributed by atoms with Crippen molar-refractivity contribution in [3.05, 3.63) is 65.0 Å². The SMILES string of the molecule is CCC(=NNC(=O)c1csc2ccccc12)c1ccc(OCCN2CCOCC2)cc1. The van der Waals surface area contributed by atoms with Crippen molar-refractivity contribution in [1.29, 1.82) is 0 Å². The summed E-state index contributed by atoms with van der Waals surface area (Å²) in [4.78, 5) is 15.0. The fraction of sp³-hybridized carbons (Fsp3) is 0.333. The maximum atomic E-state index is 12.6. The predicted molar refractivity (Wildman–Crippen MR) is 125 cm³/mol. The molecule has 0 atom stereocenters. The van der Waals surface area contributed by atoms with E-state index in [1.54, 1.807) is 11.3 Å². The van der Waals surface area contributed by atoms with Gasteiger partial charge in [-0.2, -0.15) is 5.10 Å². The lowest BCUT2D eigenvalue weighted by Gasteiger charge is -2.26. The number of morpholine rings is 1. The maximum absolute atomic E-state index is 12.6. The van der Waals surface area contributed by atoms with E-state index in [0.29, 0.717) is 18.6 Å². The number of nitrogens with zero attached hydrogens (tertiary/aromatic N) is 2. The van der Waals surface area contributed by atoms with Crippen LogP contribution in [0.5, 0.6) is 5.75 Å². The smallest absolute Gasteiger partial charge is 0.272 e. The third kappa shape index (κ3) is 5.50. The van der Waals surface area contributed by atoms with Crippen molar-refractivity contribution in [2.24, 2.45) is 5.10 Å². The molecule has 0 radical (unpaired) electrons. The fourth-order valence-corrected chi connectivity index (χ4v) is 4.48. The van der Waals surface area contributed by atoms with Crippen LogP contribution in [-0.4, -0.2) is 56.0 Å². The van der Waals surface area contributed by atoms with Crippen LogP contribution >= 0.6 is 11.3 Å². The van der Waals surface area contributed by atoms with E-state index < -0.39 is 0 Å². The molecule has 162 valence electrons. The Labute approximate surface area is 186 Å². The Morgan fingerprint density at radius 1 is 1.16 bits per heavy atom. The van der Waals surface area contributed by atoms with Gasteiger partial charge in [-0.3, -0.25) is 9.69 Å². The first-order valence-corrected chi connectivity index (χ1v) is 11.5. The second kappa shape index (κ2) is 10.5. The average Bonchev–Trinajstić information content (AvgIpc) is 3.25. The molecule has 7 heteroatoms. The molecule has 0 unspecified atom stereocenters. The van der Waals surface area contributed by atoms with E-state index in [4.69, 9.17) is 9.47 Å². The Morgan fingerprint density at radius 2 is 1.94 bits per heavy atom. The molecule has 4 rings (SSSR count). The minimum Gasteiger partial charge on any atom is -0.492 e. The Hall–Kier alpha value is -2.74. The zero-order chi connectivity index (χ0) is 21.5. The first-order valence-electron chi connectivity index (χ1n) is 10.6. The lowest BCUT2D eigenvalue weighted by molar-refractivity contribution is 0.0322. The Morgan fingerprint density at radius 3 is 2.71 bits per heavy atom. The summed E-state index contributed by atoms with van der Waals surface area (Å²) in [6.45, 7) is 7.10. The van der Waals surface area contributed by atoms with Gasteiger partial charge in [-0.15, -0.1) is 11.3 Å². The van der Waals surface area contributed by atoms with Gasteiger partial charge in [0.15, 0.2) is 0 Å². The summed E-state index contributed by atoms with van der Waals surface area (Å²) >= 11 is 1.56. The van der Waals surface area contributed by atoms with Crippen molar-refractivity contribution < 1.29 is 14.3 Å². The van der Waals surface area contributed by atoms with Crippen LogP contribution in [0.2, 0.25) is 0 Å². The van der Waals surface area contributed by atoms with Gasteiger partial charge in [-0.25, -0.2) is 5.43 Å². The highest BCUT2D eigenvalue weighted by Crippen LogP contribution is 2.25. The molecule has 0 aliphatic carbocycles. The van der Waals surface area contributed by atoms with E-state index in [2.05, 4.69) is 15.4 Å². The van der Waals surface area contributed by atoms with E-state index in [-0.39, 0.29) is 5.91 Å². The molecule has 0 bridgehead atoms. The van der Waals surface area contributed by atoms with Crippen LogP contribution in [0.1, 0.15) is 29.3 Å². The lowest BCUT2D eigenvalue weighted by Crippen LogP contribution is -2.38. The highest BCUT2D eigenvalue weighted by molar-refractivity contribution is 7.17. The normalized spacial score (nSPS) is 15.2. The van der Waals surface area contributed by atoms with Crippen molar-refractivity contribution in [1.82, 2.24) is 10.3 Å². The van der Waals surface area contributed by atoms with Gasteiger partial charge >= 0.3 is 0 Å². The first kappa shape index (κ1) is 21.5. The molecule has 0 saturated carbocycles. The van der Waals surface area contributed by atoms with E-state index in [1.165, 1.54) is 0 Å². The monoisotopic (exact) mass is 437 g/mol. The summed E-state index contributed by atoms with van der Waals surface area (Å²) in [7, 11) is 0. The molecule has 2 heterocycles. The second-order valence-electron chi connectivity index (χ2n) is 7.33. The van der Waals surface area contributed by atoms with Crippen LogP contribution in [0.4, 0.5) is 0 Å². The molecule has 1 saturated heterocycles. The van der Waals surface area contributed by atoms with Crippen molar-refractivity contribution in [3.8, 4) is 5.75 Å². The number of hydrazone groups is 1. The summed E-state index contributed by atoms with van der Waals surface area (Å²) in [6.07, 6.45) is 0.710. The number of hydrogen-bond donors (Lipinski definition) is 1. The molecule has 1 fully saturated rings. The lowest BCUT2D eigenvalue weighted by atomic mass is 10.1. The van der Waals surface area contributed by atoms with E-state index in [9.17, 15) is 4.79 Å². The van der Waals surface area contributed by atoms with Gasteiger partial charge < -0.3 is 9.47 Å². The van der Waals surface area contributed by atoms with Crippen molar-refractivity contribution >= 4 is 33.0 Å². The van der Waals surface area contributed by atoms with E-state index >= 15 is 0 Å².